The van der Waals surface area contributed by atoms with Crippen LogP contribution in [0.15, 0.2) is 76.5 Å². The van der Waals surface area contributed by atoms with Gasteiger partial charge in [0.25, 0.3) is 0 Å². The van der Waals surface area contributed by atoms with E-state index in [9.17, 15) is 9.59 Å². The number of allylic oxidation sites excluding steroid dienone is 3. The van der Waals surface area contributed by atoms with Gasteiger partial charge in [-0.25, -0.2) is 14.6 Å². The highest BCUT2D eigenvalue weighted by molar-refractivity contribution is 6.11. The number of aryl methyl sites for hydroxylation is 1. The molecule has 6 nitrogen and oxygen atoms in total. The first-order chi connectivity index (χ1) is 16.3. The van der Waals surface area contributed by atoms with Gasteiger partial charge in [-0.3, -0.25) is 0 Å². The summed E-state index contributed by atoms with van der Waals surface area (Å²) in [4.78, 5) is 32.1. The van der Waals surface area contributed by atoms with Crippen molar-refractivity contribution in [3.8, 4) is 0 Å². The summed E-state index contributed by atoms with van der Waals surface area (Å²) in [5.74, 6) is -0.694. The van der Waals surface area contributed by atoms with Gasteiger partial charge >= 0.3 is 11.9 Å². The Hall–Kier alpha value is -3.93. The maximum Gasteiger partial charge on any atom is 0.333 e. The van der Waals surface area contributed by atoms with E-state index in [4.69, 9.17) is 14.5 Å². The minimum Gasteiger partial charge on any atom is -0.463 e. The van der Waals surface area contributed by atoms with Crippen LogP contribution in [0, 0.1) is 6.92 Å². The lowest BCUT2D eigenvalue weighted by Crippen LogP contribution is -2.06. The molecule has 0 amide bonds. The third kappa shape index (κ3) is 6.10. The Balaban J connectivity index is 2.03. The van der Waals surface area contributed by atoms with E-state index in [0.29, 0.717) is 30.1 Å². The van der Waals surface area contributed by atoms with E-state index in [1.54, 1.807) is 39.8 Å². The van der Waals surface area contributed by atoms with Crippen molar-refractivity contribution in [1.29, 1.82) is 0 Å². The number of carbonyl (C=O) groups is 2. The maximum atomic E-state index is 12.0. The largest absolute Gasteiger partial charge is 0.463 e. The standard InChI is InChI=1S/C28H30N2O4/c1-6-33-27(31)19(4)16-22-12-14-24(29-22)26(21-10-8-18(3)9-11-21)25-15-13-23(30-25)17-20(5)28(32)34-7-2/h8-17,29H,6-7H2,1-5H3/b19-16+,20-17+,26-25-. The lowest BCUT2D eigenvalue weighted by atomic mass is 9.99. The fourth-order valence-electron chi connectivity index (χ4n) is 3.46. The van der Waals surface area contributed by atoms with E-state index in [0.717, 1.165) is 33.8 Å². The van der Waals surface area contributed by atoms with Crippen LogP contribution in [-0.4, -0.2) is 35.8 Å². The number of aromatic nitrogens is 1. The van der Waals surface area contributed by atoms with E-state index in [2.05, 4.69) is 29.2 Å². The zero-order valence-corrected chi connectivity index (χ0v) is 20.3. The first-order valence-electron chi connectivity index (χ1n) is 11.3. The highest BCUT2D eigenvalue weighted by Crippen LogP contribution is 2.30. The summed E-state index contributed by atoms with van der Waals surface area (Å²) in [7, 11) is 0. The molecule has 1 aromatic carbocycles. The third-order valence-electron chi connectivity index (χ3n) is 5.17. The fourth-order valence-corrected chi connectivity index (χ4v) is 3.46. The van der Waals surface area contributed by atoms with Gasteiger partial charge in [-0.2, -0.15) is 0 Å². The van der Waals surface area contributed by atoms with E-state index >= 15 is 0 Å². The van der Waals surface area contributed by atoms with Crippen molar-refractivity contribution in [3.05, 3.63) is 94.0 Å². The van der Waals surface area contributed by atoms with Crippen LogP contribution in [0.5, 0.6) is 0 Å². The molecule has 1 aliphatic heterocycles. The van der Waals surface area contributed by atoms with Gasteiger partial charge in [0.15, 0.2) is 0 Å². The minimum absolute atomic E-state index is 0.328. The number of nitrogens with one attached hydrogen (secondary N) is 1. The number of nitrogens with zero attached hydrogens (tertiary/aromatic N) is 1. The topological polar surface area (TPSA) is 80.8 Å². The average molecular weight is 459 g/mol. The van der Waals surface area contributed by atoms with Crippen molar-refractivity contribution in [2.45, 2.75) is 34.6 Å². The molecule has 34 heavy (non-hydrogen) atoms. The number of hydrogen-bond donors (Lipinski definition) is 1. The highest BCUT2D eigenvalue weighted by Gasteiger charge is 2.16. The molecular weight excluding hydrogens is 428 g/mol. The SMILES string of the molecule is CCOC(=O)/C(C)=C/C1=NC(=C(/c2ccc(C)cc2)c2ccc(/C=C(\C)C(=O)OCC)[nH]2)/C=C1. The number of rotatable bonds is 8. The number of aliphatic imine (C=N–C) groups is 1. The highest BCUT2D eigenvalue weighted by atomic mass is 16.5. The molecule has 0 saturated heterocycles. The van der Waals surface area contributed by atoms with Gasteiger partial charge in [-0.1, -0.05) is 29.8 Å². The van der Waals surface area contributed by atoms with Crippen molar-refractivity contribution in [2.24, 2.45) is 4.99 Å². The predicted molar refractivity (Wildman–Crippen MR) is 135 cm³/mol. The van der Waals surface area contributed by atoms with Crippen molar-refractivity contribution >= 4 is 29.3 Å². The second-order valence-electron chi connectivity index (χ2n) is 7.92. The Morgan fingerprint density at radius 1 is 0.882 bits per heavy atom. The van der Waals surface area contributed by atoms with Crippen molar-refractivity contribution < 1.29 is 19.1 Å². The van der Waals surface area contributed by atoms with Gasteiger partial charge in [0.05, 0.1) is 24.6 Å². The van der Waals surface area contributed by atoms with Crippen LogP contribution in [-0.2, 0) is 19.1 Å². The zero-order chi connectivity index (χ0) is 24.7. The molecule has 6 heteroatoms. The smallest absolute Gasteiger partial charge is 0.333 e. The van der Waals surface area contributed by atoms with Crippen LogP contribution in [0.4, 0.5) is 0 Å². The summed E-state index contributed by atoms with van der Waals surface area (Å²) in [6.07, 6.45) is 7.30. The minimum atomic E-state index is -0.354. The fraction of sp³-hybridized carbons (Fsp3) is 0.250. The molecule has 0 fully saturated rings. The predicted octanol–water partition coefficient (Wildman–Crippen LogP) is 5.57. The molecular formula is C28H30N2O4. The van der Waals surface area contributed by atoms with E-state index < -0.39 is 0 Å². The molecule has 2 aromatic rings. The van der Waals surface area contributed by atoms with Gasteiger partial charge in [-0.15, -0.1) is 0 Å². The molecule has 0 atom stereocenters. The van der Waals surface area contributed by atoms with Crippen LogP contribution in [0.1, 0.15) is 50.2 Å². The molecule has 2 heterocycles. The molecule has 0 radical (unpaired) electrons. The van der Waals surface area contributed by atoms with Crippen molar-refractivity contribution in [2.75, 3.05) is 13.2 Å². The number of ether oxygens (including phenoxy) is 2. The van der Waals surface area contributed by atoms with Crippen LogP contribution < -0.4 is 0 Å². The molecule has 0 bridgehead atoms. The van der Waals surface area contributed by atoms with Crippen LogP contribution >= 0.6 is 0 Å². The number of hydrogen-bond acceptors (Lipinski definition) is 5. The summed E-state index contributed by atoms with van der Waals surface area (Å²) in [6.45, 7) is 9.71. The summed E-state index contributed by atoms with van der Waals surface area (Å²) in [6, 6.07) is 12.1. The Bertz CT molecular complexity index is 1220. The van der Waals surface area contributed by atoms with Crippen molar-refractivity contribution in [1.82, 2.24) is 4.98 Å². The Morgan fingerprint density at radius 2 is 1.50 bits per heavy atom. The number of aromatic amines is 1. The van der Waals surface area contributed by atoms with Crippen LogP contribution in [0.3, 0.4) is 0 Å². The first kappa shape index (κ1) is 24.7. The van der Waals surface area contributed by atoms with E-state index in [1.165, 1.54) is 0 Å². The molecule has 0 spiro atoms. The normalized spacial score (nSPS) is 15.3. The second kappa shape index (κ2) is 11.3. The van der Waals surface area contributed by atoms with Gasteiger partial charge in [-0.05, 0) is 76.6 Å². The second-order valence-corrected chi connectivity index (χ2v) is 7.92. The van der Waals surface area contributed by atoms with Gasteiger partial charge in [0.1, 0.15) is 0 Å². The molecule has 0 saturated carbocycles. The molecule has 1 aromatic heterocycles. The number of benzene rings is 1. The lowest BCUT2D eigenvalue weighted by Gasteiger charge is -2.09. The monoisotopic (exact) mass is 458 g/mol. The molecule has 0 aliphatic carbocycles. The van der Waals surface area contributed by atoms with Crippen LogP contribution in [0.2, 0.25) is 0 Å². The van der Waals surface area contributed by atoms with Gasteiger partial charge < -0.3 is 14.5 Å². The zero-order valence-electron chi connectivity index (χ0n) is 20.3. The lowest BCUT2D eigenvalue weighted by molar-refractivity contribution is -0.139. The number of esters is 2. The van der Waals surface area contributed by atoms with E-state index in [1.807, 2.05) is 31.2 Å². The summed E-state index contributed by atoms with van der Waals surface area (Å²) in [5, 5.41) is 0. The Labute approximate surface area is 200 Å². The van der Waals surface area contributed by atoms with Crippen LogP contribution in [0.25, 0.3) is 11.6 Å². The Morgan fingerprint density at radius 3 is 2.12 bits per heavy atom. The summed E-state index contributed by atoms with van der Waals surface area (Å²) < 4.78 is 10.1. The molecule has 1 aliphatic rings. The third-order valence-corrected chi connectivity index (χ3v) is 5.17. The van der Waals surface area contributed by atoms with Crippen molar-refractivity contribution in [3.63, 3.8) is 0 Å². The molecule has 176 valence electrons. The maximum absolute atomic E-state index is 12.0. The molecule has 3 rings (SSSR count). The first-order valence-corrected chi connectivity index (χ1v) is 11.3. The van der Waals surface area contributed by atoms with Gasteiger partial charge in [0.2, 0.25) is 0 Å². The quantitative estimate of drug-likeness (QED) is 0.414. The van der Waals surface area contributed by atoms with E-state index in [-0.39, 0.29) is 11.9 Å². The molecule has 1 N–H and O–H groups in total. The molecule has 0 unspecified atom stereocenters. The number of carbonyl (C=O) groups excluding carboxylic acids is 2. The summed E-state index contributed by atoms with van der Waals surface area (Å²) >= 11 is 0. The number of H-pyrrole nitrogens is 1. The summed E-state index contributed by atoms with van der Waals surface area (Å²) in [5.41, 5.74) is 7.18. The van der Waals surface area contributed by atoms with Gasteiger partial charge in [0, 0.05) is 28.1 Å². The Kier molecular flexibility index (Phi) is 8.19. The average Bonchev–Trinajstić information content (AvgIpc) is 3.45.